The molecule has 1 saturated heterocycles. The number of nitrogens with two attached hydrogens (primary N) is 1. The maximum Gasteiger partial charge on any atom is 0.399 e. The molecule has 4 aliphatic rings. The molecule has 1 unspecified atom stereocenters. The van der Waals surface area contributed by atoms with Crippen LogP contribution in [0.4, 0.5) is 14.5 Å². The highest BCUT2D eigenvalue weighted by Crippen LogP contribution is 2.59. The lowest BCUT2D eigenvalue weighted by Gasteiger charge is -2.29. The molecule has 4 aliphatic heterocycles. The lowest BCUT2D eigenvalue weighted by Crippen LogP contribution is -2.55. The first-order valence-corrected chi connectivity index (χ1v) is 24.6. The van der Waals surface area contributed by atoms with Crippen molar-refractivity contribution in [1.29, 1.82) is 0 Å². The molecular formula is C49H50F2N7O11P. The van der Waals surface area contributed by atoms with Crippen LogP contribution in [0, 0.1) is 11.8 Å². The van der Waals surface area contributed by atoms with Gasteiger partial charge in [0.2, 0.25) is 35.4 Å². The molecule has 0 bridgehead atoms. The number of nitrogens with zero attached hydrogens (tertiary/aromatic N) is 3. The number of unbranched alkanes of at least 4 members (excludes halogenated alkanes) is 3. The summed E-state index contributed by atoms with van der Waals surface area (Å²) in [4.78, 5) is 127. The Balaban J connectivity index is 0.970. The van der Waals surface area contributed by atoms with Crippen LogP contribution < -0.4 is 26.6 Å². The summed E-state index contributed by atoms with van der Waals surface area (Å²) >= 11 is 0. The molecule has 366 valence electrons. The average Bonchev–Trinajstić information content (AvgIpc) is 3.98. The van der Waals surface area contributed by atoms with E-state index in [9.17, 15) is 61.5 Å². The molecule has 18 nitrogen and oxygen atoms in total. The summed E-state index contributed by atoms with van der Waals surface area (Å²) < 4.78 is 42.7. The van der Waals surface area contributed by atoms with Crippen molar-refractivity contribution in [3.05, 3.63) is 99.7 Å². The fourth-order valence-corrected chi connectivity index (χ4v) is 10.1. The van der Waals surface area contributed by atoms with Gasteiger partial charge < -0.3 is 31.1 Å². The van der Waals surface area contributed by atoms with Crippen LogP contribution in [0.2, 0.25) is 0 Å². The lowest BCUT2D eigenvalue weighted by molar-refractivity contribution is -0.137. The summed E-state index contributed by atoms with van der Waals surface area (Å²) in [6, 6.07) is 11.0. The highest BCUT2D eigenvalue weighted by atomic mass is 31.2. The normalized spacial score (nSPS) is 19.2. The first kappa shape index (κ1) is 49.4. The lowest BCUT2D eigenvalue weighted by atomic mass is 10.0. The molecule has 4 atom stereocenters. The van der Waals surface area contributed by atoms with Crippen LogP contribution in [0.15, 0.2) is 60.7 Å². The minimum absolute atomic E-state index is 0.00213. The number of benzene rings is 3. The second kappa shape index (κ2) is 19.7. The predicted molar refractivity (Wildman–Crippen MR) is 248 cm³/mol. The standard InChI is InChI=1S/C49H50F2N7O11P/c1-27(15-21-40(52)59)53-45(63)39-24-30-12-7-11-29-16-18-35(48(66)58(39)43(29)30)54-46(64)38-25-31-23-32(49(50,51)70(67,68)69)17-19-36(31)57(38)42(61)14-6-4-2-3-5-9-28-10-8-13-33-34(28)26-56(47(33)65)37-20-22-41(60)55-44(37)62/h7-8,10-13,17,19,23,25,27,35,37,39H,2-4,6,14-16,18,20-22,24,26H2,1H3,(H2,52,59)(H,53,63)(H,54,64)(H,55,60,62)(H2,67,68,69)/t27-,35+,37?,39+/m1/s1. The smallest absolute Gasteiger partial charge is 0.370 e. The maximum absolute atomic E-state index is 14.9. The molecule has 1 aromatic heterocycles. The van der Waals surface area contributed by atoms with E-state index in [1.165, 1.54) is 9.80 Å². The van der Waals surface area contributed by atoms with E-state index < -0.39 is 78.4 Å². The summed E-state index contributed by atoms with van der Waals surface area (Å²) in [5.41, 5.74) is 3.16. The van der Waals surface area contributed by atoms with Crippen molar-refractivity contribution in [3.8, 4) is 11.8 Å². The van der Waals surface area contributed by atoms with Gasteiger partial charge in [0.1, 0.15) is 23.8 Å². The van der Waals surface area contributed by atoms with Crippen LogP contribution in [0.1, 0.15) is 125 Å². The fraction of sp³-hybridized carbons (Fsp3) is 0.388. The zero-order valence-corrected chi connectivity index (χ0v) is 38.9. The number of carbonyl (C=O) groups is 8. The number of aryl methyl sites for hydroxylation is 1. The van der Waals surface area contributed by atoms with E-state index in [1.807, 2.05) is 18.2 Å². The van der Waals surface area contributed by atoms with Crippen molar-refractivity contribution < 1.29 is 61.5 Å². The molecule has 0 spiro atoms. The Kier molecular flexibility index (Phi) is 13.9. The largest absolute Gasteiger partial charge is 0.399 e. The summed E-state index contributed by atoms with van der Waals surface area (Å²) in [7, 11) is -5.99. The van der Waals surface area contributed by atoms with Gasteiger partial charge in [-0.1, -0.05) is 48.6 Å². The molecule has 0 saturated carbocycles. The second-order valence-corrected chi connectivity index (χ2v) is 19.7. The molecule has 0 aliphatic carbocycles. The Labute approximate surface area is 399 Å². The van der Waals surface area contributed by atoms with Crippen molar-refractivity contribution in [2.24, 2.45) is 5.73 Å². The minimum atomic E-state index is -5.99. The van der Waals surface area contributed by atoms with Gasteiger partial charge >= 0.3 is 13.3 Å². The topological polar surface area (TPSA) is 268 Å². The molecular weight excluding hydrogens is 932 g/mol. The molecule has 7 N–H and O–H groups in total. The van der Waals surface area contributed by atoms with Crippen molar-refractivity contribution >= 4 is 71.4 Å². The third-order valence-electron chi connectivity index (χ3n) is 13.2. The van der Waals surface area contributed by atoms with E-state index >= 15 is 0 Å². The third-order valence-corrected chi connectivity index (χ3v) is 14.2. The van der Waals surface area contributed by atoms with Crippen LogP contribution >= 0.6 is 7.60 Å². The fourth-order valence-electron chi connectivity index (χ4n) is 9.62. The van der Waals surface area contributed by atoms with E-state index in [0.29, 0.717) is 54.5 Å². The monoisotopic (exact) mass is 981 g/mol. The van der Waals surface area contributed by atoms with Gasteiger partial charge in [-0.15, -0.1) is 0 Å². The number of fused-ring (bicyclic) bond motifs is 2. The Morgan fingerprint density at radius 2 is 1.71 bits per heavy atom. The zero-order chi connectivity index (χ0) is 50.2. The molecule has 5 heterocycles. The number of anilines is 1. The van der Waals surface area contributed by atoms with Crippen LogP contribution in [-0.2, 0) is 53.6 Å². The van der Waals surface area contributed by atoms with Crippen molar-refractivity contribution in [2.45, 2.75) is 120 Å². The van der Waals surface area contributed by atoms with Crippen molar-refractivity contribution in [1.82, 2.24) is 25.4 Å². The Morgan fingerprint density at radius 3 is 2.46 bits per heavy atom. The number of alkyl halides is 2. The molecule has 3 aromatic carbocycles. The molecule has 7 amide bonds. The number of hydrogen-bond donors (Lipinski definition) is 6. The first-order valence-electron chi connectivity index (χ1n) is 23.0. The number of aromatic nitrogens is 1. The number of primary amides is 1. The van der Waals surface area contributed by atoms with Gasteiger partial charge in [-0.05, 0) is 92.5 Å². The number of halogens is 2. The quantitative estimate of drug-likeness (QED) is 0.0428. The molecule has 0 radical (unpaired) electrons. The van der Waals surface area contributed by atoms with E-state index in [2.05, 4.69) is 27.8 Å². The molecule has 1 fully saturated rings. The van der Waals surface area contributed by atoms with Gasteiger partial charge in [-0.3, -0.25) is 57.7 Å². The van der Waals surface area contributed by atoms with Gasteiger partial charge in [-0.2, -0.15) is 8.78 Å². The van der Waals surface area contributed by atoms with Crippen LogP contribution in [0.5, 0.6) is 0 Å². The number of hydrogen-bond acceptors (Lipinski definition) is 9. The minimum Gasteiger partial charge on any atom is -0.370 e. The van der Waals surface area contributed by atoms with Gasteiger partial charge in [0.25, 0.3) is 11.8 Å². The summed E-state index contributed by atoms with van der Waals surface area (Å²) in [6.45, 7) is 1.87. The van der Waals surface area contributed by atoms with E-state index in [1.54, 1.807) is 25.1 Å². The predicted octanol–water partition coefficient (Wildman–Crippen LogP) is 4.04. The maximum atomic E-state index is 14.9. The molecule has 4 aromatic rings. The van der Waals surface area contributed by atoms with Gasteiger partial charge in [0.05, 0.1) is 11.2 Å². The Hall–Kier alpha value is -7.07. The highest BCUT2D eigenvalue weighted by Gasteiger charge is 2.51. The van der Waals surface area contributed by atoms with Crippen LogP contribution in [-0.4, -0.2) is 90.7 Å². The third kappa shape index (κ3) is 9.74. The number of para-hydroxylation sites is 1. The number of rotatable bonds is 15. The Bertz CT molecular complexity index is 2990. The van der Waals surface area contributed by atoms with E-state index in [0.717, 1.165) is 40.0 Å². The number of amides is 7. The van der Waals surface area contributed by atoms with E-state index in [-0.39, 0.29) is 79.9 Å². The van der Waals surface area contributed by atoms with Crippen LogP contribution in [0.3, 0.4) is 0 Å². The second-order valence-electron chi connectivity index (χ2n) is 18.0. The summed E-state index contributed by atoms with van der Waals surface area (Å²) in [5.74, 6) is 1.88. The average molecular weight is 982 g/mol. The van der Waals surface area contributed by atoms with Gasteiger partial charge in [0.15, 0.2) is 0 Å². The number of carbonyl (C=O) groups excluding carboxylic acids is 8. The SMILES string of the molecule is C[C@H](CCC(N)=O)NC(=O)[C@@H]1Cc2cccc3c2N1C(=O)[C@@H](NC(=O)c1cc2cc(C(F)(F)P(=O)(O)O)ccc2n1C(=O)CCCCCC#Cc1cccc2c1CN(C1CCC(=O)NC1=O)C2=O)CC3. The molecule has 70 heavy (non-hydrogen) atoms. The first-order chi connectivity index (χ1) is 33.2. The number of piperidine rings is 1. The van der Waals surface area contributed by atoms with Crippen molar-refractivity contribution in [3.63, 3.8) is 0 Å². The number of imide groups is 1. The molecule has 8 rings (SSSR count). The van der Waals surface area contributed by atoms with E-state index in [4.69, 9.17) is 5.73 Å². The van der Waals surface area contributed by atoms with Crippen molar-refractivity contribution in [2.75, 3.05) is 4.90 Å². The van der Waals surface area contributed by atoms with Gasteiger partial charge in [0, 0.05) is 66.8 Å². The summed E-state index contributed by atoms with van der Waals surface area (Å²) in [6.07, 6.45) is 2.93. The van der Waals surface area contributed by atoms with Gasteiger partial charge in [-0.25, -0.2) is 0 Å². The highest BCUT2D eigenvalue weighted by molar-refractivity contribution is 7.52. The Morgan fingerprint density at radius 1 is 0.957 bits per heavy atom. The molecule has 21 heteroatoms. The van der Waals surface area contributed by atoms with Crippen LogP contribution in [0.25, 0.3) is 10.9 Å². The summed E-state index contributed by atoms with van der Waals surface area (Å²) in [5, 5.41) is 7.77. The zero-order valence-electron chi connectivity index (χ0n) is 38.0. The number of nitrogens with one attached hydrogen (secondary N) is 3.